The van der Waals surface area contributed by atoms with Crippen LogP contribution in [0.3, 0.4) is 0 Å². The van der Waals surface area contributed by atoms with Gasteiger partial charge in [-0.25, -0.2) is 0 Å². The van der Waals surface area contributed by atoms with E-state index in [9.17, 15) is 29.1 Å². The van der Waals surface area contributed by atoms with Crippen molar-refractivity contribution in [2.45, 2.75) is 52.1 Å². The number of carbonyl (C=O) groups excluding carboxylic acids is 5. The standard InChI is InChI=1S/C14H20O10/c1-7(16)21-6-12(22-8(2)17)14(24-10(4)19)13(11(20)5-15)23-9(3)18/h5,11-14,20H,6H2,1-4H3/t11-,12-,13-,14-/m1/s1. The first kappa shape index (κ1) is 21.5. The summed E-state index contributed by atoms with van der Waals surface area (Å²) in [4.78, 5) is 55.5. The fourth-order valence-corrected chi connectivity index (χ4v) is 1.75. The minimum atomic E-state index is -1.87. The summed E-state index contributed by atoms with van der Waals surface area (Å²) in [5, 5.41) is 9.73. The number of aliphatic hydroxyl groups excluding tert-OH is 1. The zero-order valence-corrected chi connectivity index (χ0v) is 13.7. The van der Waals surface area contributed by atoms with Crippen molar-refractivity contribution in [3.8, 4) is 0 Å². The van der Waals surface area contributed by atoms with Crippen LogP contribution in [-0.4, -0.2) is 66.3 Å². The molecule has 0 aliphatic rings. The Morgan fingerprint density at radius 3 is 1.67 bits per heavy atom. The lowest BCUT2D eigenvalue weighted by Crippen LogP contribution is -2.52. The summed E-state index contributed by atoms with van der Waals surface area (Å²) < 4.78 is 19.4. The molecular formula is C14H20O10. The van der Waals surface area contributed by atoms with Crippen molar-refractivity contribution in [1.29, 1.82) is 0 Å². The second kappa shape index (κ2) is 10.3. The molecule has 0 aromatic heterocycles. The zero-order valence-electron chi connectivity index (χ0n) is 13.7. The second-order valence-corrected chi connectivity index (χ2v) is 4.73. The van der Waals surface area contributed by atoms with Crippen molar-refractivity contribution in [3.63, 3.8) is 0 Å². The molecular weight excluding hydrogens is 328 g/mol. The van der Waals surface area contributed by atoms with Crippen LogP contribution in [0.1, 0.15) is 27.7 Å². The Labute approximate surface area is 138 Å². The largest absolute Gasteiger partial charge is 0.462 e. The molecule has 0 aliphatic heterocycles. The van der Waals surface area contributed by atoms with E-state index in [0.717, 1.165) is 27.7 Å². The maximum absolute atomic E-state index is 11.3. The minimum absolute atomic E-state index is 0.0563. The first-order valence-corrected chi connectivity index (χ1v) is 6.86. The van der Waals surface area contributed by atoms with Gasteiger partial charge in [0.15, 0.2) is 24.6 Å². The Kier molecular flexibility index (Phi) is 9.25. The molecule has 0 radical (unpaired) electrons. The van der Waals surface area contributed by atoms with Crippen LogP contribution in [0.2, 0.25) is 0 Å². The quantitative estimate of drug-likeness (QED) is 0.310. The van der Waals surface area contributed by atoms with Gasteiger partial charge in [0.1, 0.15) is 12.7 Å². The number of rotatable bonds is 9. The molecule has 24 heavy (non-hydrogen) atoms. The molecule has 0 fully saturated rings. The van der Waals surface area contributed by atoms with Crippen LogP contribution in [0.4, 0.5) is 0 Å². The lowest BCUT2D eigenvalue weighted by Gasteiger charge is -2.32. The SMILES string of the molecule is CC(=O)OC[C@@H](OC(C)=O)[C@@H](OC(C)=O)[C@H](OC(C)=O)[C@H](O)C=O. The van der Waals surface area contributed by atoms with Crippen LogP contribution in [0.15, 0.2) is 0 Å². The fraction of sp³-hybridized carbons (Fsp3) is 0.643. The van der Waals surface area contributed by atoms with Gasteiger partial charge in [0.2, 0.25) is 0 Å². The lowest BCUT2D eigenvalue weighted by molar-refractivity contribution is -0.197. The highest BCUT2D eigenvalue weighted by Gasteiger charge is 2.41. The lowest BCUT2D eigenvalue weighted by atomic mass is 10.0. The van der Waals surface area contributed by atoms with E-state index in [1.807, 2.05) is 0 Å². The third kappa shape index (κ3) is 8.22. The van der Waals surface area contributed by atoms with E-state index < -0.39 is 54.9 Å². The van der Waals surface area contributed by atoms with Crippen molar-refractivity contribution in [3.05, 3.63) is 0 Å². The molecule has 0 aromatic carbocycles. The van der Waals surface area contributed by atoms with E-state index >= 15 is 0 Å². The summed E-state index contributed by atoms with van der Waals surface area (Å²) in [5.41, 5.74) is 0. The van der Waals surface area contributed by atoms with Gasteiger partial charge in [-0.2, -0.15) is 0 Å². The van der Waals surface area contributed by atoms with Crippen LogP contribution in [0.5, 0.6) is 0 Å². The van der Waals surface area contributed by atoms with Crippen LogP contribution in [-0.2, 0) is 42.9 Å². The molecule has 0 saturated carbocycles. The molecule has 1 N–H and O–H groups in total. The van der Waals surface area contributed by atoms with E-state index in [-0.39, 0.29) is 6.29 Å². The predicted octanol–water partition coefficient (Wildman–Crippen LogP) is -1.10. The van der Waals surface area contributed by atoms with Crippen LogP contribution in [0.25, 0.3) is 0 Å². The minimum Gasteiger partial charge on any atom is -0.462 e. The molecule has 0 bridgehead atoms. The maximum Gasteiger partial charge on any atom is 0.303 e. The average molecular weight is 348 g/mol. The summed E-state index contributed by atoms with van der Waals surface area (Å²) in [6, 6.07) is 0. The van der Waals surface area contributed by atoms with Gasteiger partial charge in [0.05, 0.1) is 0 Å². The van der Waals surface area contributed by atoms with Crippen molar-refractivity contribution in [2.75, 3.05) is 6.61 Å². The summed E-state index contributed by atoms with van der Waals surface area (Å²) in [5.74, 6) is -3.28. The smallest absolute Gasteiger partial charge is 0.303 e. The number of aliphatic hydroxyl groups is 1. The van der Waals surface area contributed by atoms with E-state index in [0.29, 0.717) is 0 Å². The Bertz CT molecular complexity index is 486. The summed E-state index contributed by atoms with van der Waals surface area (Å²) in [6.45, 7) is 3.61. The van der Waals surface area contributed by atoms with Gasteiger partial charge in [-0.15, -0.1) is 0 Å². The molecule has 10 heteroatoms. The van der Waals surface area contributed by atoms with Gasteiger partial charge in [-0.1, -0.05) is 0 Å². The second-order valence-electron chi connectivity index (χ2n) is 4.73. The molecule has 0 rings (SSSR count). The Morgan fingerprint density at radius 2 is 1.29 bits per heavy atom. The average Bonchev–Trinajstić information content (AvgIpc) is 2.45. The van der Waals surface area contributed by atoms with Crippen LogP contribution >= 0.6 is 0 Å². The molecule has 0 saturated heterocycles. The fourth-order valence-electron chi connectivity index (χ4n) is 1.75. The van der Waals surface area contributed by atoms with Gasteiger partial charge in [0.25, 0.3) is 0 Å². The first-order valence-electron chi connectivity index (χ1n) is 6.86. The number of hydrogen-bond donors (Lipinski definition) is 1. The molecule has 0 heterocycles. The van der Waals surface area contributed by atoms with E-state index in [2.05, 4.69) is 0 Å². The molecule has 10 nitrogen and oxygen atoms in total. The van der Waals surface area contributed by atoms with Crippen molar-refractivity contribution in [2.24, 2.45) is 0 Å². The van der Waals surface area contributed by atoms with Gasteiger partial charge in [-0.05, 0) is 0 Å². The number of aldehydes is 1. The van der Waals surface area contributed by atoms with Crippen molar-refractivity contribution in [1.82, 2.24) is 0 Å². The molecule has 0 amide bonds. The van der Waals surface area contributed by atoms with E-state index in [1.54, 1.807) is 0 Å². The molecule has 0 unspecified atom stereocenters. The molecule has 136 valence electrons. The summed E-state index contributed by atoms with van der Waals surface area (Å²) in [7, 11) is 0. The monoisotopic (exact) mass is 348 g/mol. The van der Waals surface area contributed by atoms with Crippen LogP contribution < -0.4 is 0 Å². The molecule has 0 aliphatic carbocycles. The Hall–Kier alpha value is -2.49. The molecule has 0 spiro atoms. The first-order chi connectivity index (χ1) is 11.1. The Balaban J connectivity index is 5.67. The highest BCUT2D eigenvalue weighted by atomic mass is 16.6. The number of hydrogen-bond acceptors (Lipinski definition) is 10. The third-order valence-corrected chi connectivity index (χ3v) is 2.54. The van der Waals surface area contributed by atoms with E-state index in [4.69, 9.17) is 18.9 Å². The van der Waals surface area contributed by atoms with Crippen LogP contribution in [0, 0.1) is 0 Å². The third-order valence-electron chi connectivity index (χ3n) is 2.54. The number of esters is 4. The van der Waals surface area contributed by atoms with E-state index in [1.165, 1.54) is 0 Å². The van der Waals surface area contributed by atoms with Gasteiger partial charge < -0.3 is 28.8 Å². The maximum atomic E-state index is 11.3. The Morgan fingerprint density at radius 1 is 0.833 bits per heavy atom. The van der Waals surface area contributed by atoms with Gasteiger partial charge in [0, 0.05) is 27.7 Å². The highest BCUT2D eigenvalue weighted by Crippen LogP contribution is 2.17. The molecule has 4 atom stereocenters. The predicted molar refractivity (Wildman–Crippen MR) is 75.4 cm³/mol. The van der Waals surface area contributed by atoms with Crippen molar-refractivity contribution < 1.29 is 48.0 Å². The summed E-state index contributed by atoms with van der Waals surface area (Å²) in [6.07, 6.45) is -6.46. The highest BCUT2D eigenvalue weighted by molar-refractivity contribution is 5.69. The topological polar surface area (TPSA) is 143 Å². The van der Waals surface area contributed by atoms with Gasteiger partial charge in [-0.3, -0.25) is 19.2 Å². The zero-order chi connectivity index (χ0) is 18.9. The number of carbonyl (C=O) groups is 5. The number of ether oxygens (including phenoxy) is 4. The summed E-state index contributed by atoms with van der Waals surface area (Å²) >= 11 is 0. The van der Waals surface area contributed by atoms with Crippen molar-refractivity contribution >= 4 is 30.2 Å². The van der Waals surface area contributed by atoms with Gasteiger partial charge >= 0.3 is 23.9 Å². The normalized spacial score (nSPS) is 15.2. The molecule has 0 aromatic rings.